The van der Waals surface area contributed by atoms with Gasteiger partial charge in [-0.05, 0) is 31.7 Å². The third-order valence-electron chi connectivity index (χ3n) is 3.58. The zero-order valence-electron chi connectivity index (χ0n) is 9.84. The van der Waals surface area contributed by atoms with Crippen LogP contribution < -0.4 is 5.32 Å². The Labute approximate surface area is 107 Å². The average molecular weight is 258 g/mol. The highest BCUT2D eigenvalue weighted by atomic mass is 35.5. The molecule has 1 atom stereocenters. The Balaban J connectivity index is 1.76. The molecule has 1 aromatic heterocycles. The SMILES string of the molecule is CC(NCc1cc(Cl)cs1)C1CCCCC1. The molecule has 0 bridgehead atoms. The molecule has 1 N–H and O–H groups in total. The van der Waals surface area contributed by atoms with E-state index in [0.29, 0.717) is 6.04 Å². The quantitative estimate of drug-likeness (QED) is 0.840. The van der Waals surface area contributed by atoms with Gasteiger partial charge in [0, 0.05) is 22.8 Å². The summed E-state index contributed by atoms with van der Waals surface area (Å²) in [6.07, 6.45) is 7.07. The van der Waals surface area contributed by atoms with E-state index >= 15 is 0 Å². The highest BCUT2D eigenvalue weighted by Gasteiger charge is 2.19. The Bertz CT molecular complexity index is 317. The highest BCUT2D eigenvalue weighted by molar-refractivity contribution is 7.10. The average Bonchev–Trinajstić information content (AvgIpc) is 2.73. The van der Waals surface area contributed by atoms with Gasteiger partial charge in [-0.15, -0.1) is 11.3 Å². The number of halogens is 1. The summed E-state index contributed by atoms with van der Waals surface area (Å²) in [5, 5.41) is 6.51. The van der Waals surface area contributed by atoms with Crippen molar-refractivity contribution < 1.29 is 0 Å². The van der Waals surface area contributed by atoms with Crippen molar-refractivity contribution in [2.75, 3.05) is 0 Å². The second kappa shape index (κ2) is 6.04. The molecule has 1 unspecified atom stereocenters. The molecule has 0 amide bonds. The van der Waals surface area contributed by atoms with E-state index < -0.39 is 0 Å². The van der Waals surface area contributed by atoms with Crippen molar-refractivity contribution in [1.29, 1.82) is 0 Å². The molecule has 1 saturated carbocycles. The number of hydrogen-bond acceptors (Lipinski definition) is 2. The molecule has 0 radical (unpaired) electrons. The molecule has 1 aliphatic carbocycles. The fourth-order valence-corrected chi connectivity index (χ4v) is 3.53. The van der Waals surface area contributed by atoms with Gasteiger partial charge in [0.2, 0.25) is 0 Å². The summed E-state index contributed by atoms with van der Waals surface area (Å²) in [6, 6.07) is 2.70. The monoisotopic (exact) mass is 257 g/mol. The van der Waals surface area contributed by atoms with Gasteiger partial charge in [-0.2, -0.15) is 0 Å². The van der Waals surface area contributed by atoms with E-state index in [9.17, 15) is 0 Å². The summed E-state index contributed by atoms with van der Waals surface area (Å²) in [5.74, 6) is 0.879. The fraction of sp³-hybridized carbons (Fsp3) is 0.692. The van der Waals surface area contributed by atoms with Gasteiger partial charge in [0.15, 0.2) is 0 Å². The number of nitrogens with one attached hydrogen (secondary N) is 1. The van der Waals surface area contributed by atoms with Crippen LogP contribution in [-0.2, 0) is 6.54 Å². The first-order valence-electron chi connectivity index (χ1n) is 6.22. The molecule has 1 heterocycles. The minimum absolute atomic E-state index is 0.640. The molecule has 16 heavy (non-hydrogen) atoms. The Morgan fingerprint density at radius 3 is 2.81 bits per heavy atom. The van der Waals surface area contributed by atoms with Crippen LogP contribution in [-0.4, -0.2) is 6.04 Å². The van der Waals surface area contributed by atoms with Gasteiger partial charge in [-0.1, -0.05) is 30.9 Å². The van der Waals surface area contributed by atoms with Crippen LogP contribution in [0.2, 0.25) is 5.02 Å². The van der Waals surface area contributed by atoms with Crippen LogP contribution in [0.5, 0.6) is 0 Å². The lowest BCUT2D eigenvalue weighted by atomic mass is 9.84. The van der Waals surface area contributed by atoms with Gasteiger partial charge in [-0.3, -0.25) is 0 Å². The molecule has 0 spiro atoms. The Morgan fingerprint density at radius 2 is 2.19 bits per heavy atom. The van der Waals surface area contributed by atoms with Crippen molar-refractivity contribution in [2.24, 2.45) is 5.92 Å². The predicted octanol–water partition coefficient (Wildman–Crippen LogP) is 4.46. The third kappa shape index (κ3) is 3.47. The summed E-state index contributed by atoms with van der Waals surface area (Å²) < 4.78 is 0. The van der Waals surface area contributed by atoms with Crippen LogP contribution in [0, 0.1) is 5.92 Å². The lowest BCUT2D eigenvalue weighted by Gasteiger charge is -2.28. The van der Waals surface area contributed by atoms with Gasteiger partial charge in [0.05, 0.1) is 5.02 Å². The van der Waals surface area contributed by atoms with E-state index in [1.807, 2.05) is 5.38 Å². The summed E-state index contributed by atoms with van der Waals surface area (Å²) in [5.41, 5.74) is 0. The second-order valence-electron chi connectivity index (χ2n) is 4.80. The number of thiophene rings is 1. The van der Waals surface area contributed by atoms with Gasteiger partial charge in [0.1, 0.15) is 0 Å². The highest BCUT2D eigenvalue weighted by Crippen LogP contribution is 2.26. The number of rotatable bonds is 4. The Hall–Kier alpha value is -0.0500. The second-order valence-corrected chi connectivity index (χ2v) is 6.23. The molecule has 1 fully saturated rings. The molecule has 0 saturated heterocycles. The van der Waals surface area contributed by atoms with Gasteiger partial charge in [-0.25, -0.2) is 0 Å². The molecule has 3 heteroatoms. The van der Waals surface area contributed by atoms with Crippen LogP contribution in [0.15, 0.2) is 11.4 Å². The first-order chi connectivity index (χ1) is 7.75. The summed E-state index contributed by atoms with van der Waals surface area (Å²) in [6.45, 7) is 3.29. The van der Waals surface area contributed by atoms with Crippen molar-refractivity contribution in [2.45, 2.75) is 51.6 Å². The molecular weight excluding hydrogens is 238 g/mol. The minimum Gasteiger partial charge on any atom is -0.309 e. The molecule has 1 nitrogen and oxygen atoms in total. The van der Waals surface area contributed by atoms with Crippen molar-refractivity contribution in [3.05, 3.63) is 21.3 Å². The minimum atomic E-state index is 0.640. The standard InChI is InChI=1S/C13H20ClNS/c1-10(11-5-3-2-4-6-11)15-8-13-7-12(14)9-16-13/h7,9-11,15H,2-6,8H2,1H3. The maximum Gasteiger partial charge on any atom is 0.0516 e. The molecular formula is C13H20ClNS. The normalized spacial score (nSPS) is 19.9. The van der Waals surface area contributed by atoms with E-state index in [1.165, 1.54) is 37.0 Å². The fourth-order valence-electron chi connectivity index (χ4n) is 2.51. The molecule has 1 aliphatic rings. The third-order valence-corrected chi connectivity index (χ3v) is 4.86. The van der Waals surface area contributed by atoms with Crippen molar-refractivity contribution in [3.63, 3.8) is 0 Å². The van der Waals surface area contributed by atoms with Gasteiger partial charge >= 0.3 is 0 Å². The predicted molar refractivity (Wildman–Crippen MR) is 72.2 cm³/mol. The Morgan fingerprint density at radius 1 is 1.44 bits per heavy atom. The molecule has 0 aromatic carbocycles. The van der Waals surface area contributed by atoms with Gasteiger partial charge in [0.25, 0.3) is 0 Å². The Kier molecular flexibility index (Phi) is 4.68. The van der Waals surface area contributed by atoms with E-state index in [4.69, 9.17) is 11.6 Å². The van der Waals surface area contributed by atoms with Crippen LogP contribution in [0.4, 0.5) is 0 Å². The van der Waals surface area contributed by atoms with E-state index in [0.717, 1.165) is 17.5 Å². The lowest BCUT2D eigenvalue weighted by Crippen LogP contribution is -2.33. The van der Waals surface area contributed by atoms with Crippen molar-refractivity contribution in [3.8, 4) is 0 Å². The summed E-state index contributed by atoms with van der Waals surface area (Å²) in [7, 11) is 0. The summed E-state index contributed by atoms with van der Waals surface area (Å²) in [4.78, 5) is 1.34. The topological polar surface area (TPSA) is 12.0 Å². The first kappa shape index (κ1) is 12.4. The van der Waals surface area contributed by atoms with E-state index in [1.54, 1.807) is 11.3 Å². The largest absolute Gasteiger partial charge is 0.309 e. The van der Waals surface area contributed by atoms with E-state index in [2.05, 4.69) is 18.3 Å². The van der Waals surface area contributed by atoms with E-state index in [-0.39, 0.29) is 0 Å². The van der Waals surface area contributed by atoms with Crippen LogP contribution >= 0.6 is 22.9 Å². The number of hydrogen-bond donors (Lipinski definition) is 1. The first-order valence-corrected chi connectivity index (χ1v) is 7.48. The molecule has 1 aromatic rings. The zero-order chi connectivity index (χ0) is 11.4. The van der Waals surface area contributed by atoms with Gasteiger partial charge < -0.3 is 5.32 Å². The summed E-state index contributed by atoms with van der Waals surface area (Å²) >= 11 is 7.65. The lowest BCUT2D eigenvalue weighted by molar-refractivity contribution is 0.281. The zero-order valence-corrected chi connectivity index (χ0v) is 11.4. The molecule has 90 valence electrons. The molecule has 2 rings (SSSR count). The van der Waals surface area contributed by atoms with Crippen LogP contribution in [0.3, 0.4) is 0 Å². The van der Waals surface area contributed by atoms with Crippen LogP contribution in [0.1, 0.15) is 43.9 Å². The van der Waals surface area contributed by atoms with Crippen LogP contribution in [0.25, 0.3) is 0 Å². The van der Waals surface area contributed by atoms with Crippen molar-refractivity contribution in [1.82, 2.24) is 5.32 Å². The van der Waals surface area contributed by atoms with Crippen molar-refractivity contribution >= 4 is 22.9 Å². The maximum atomic E-state index is 5.91. The molecule has 0 aliphatic heterocycles. The maximum absolute atomic E-state index is 5.91. The smallest absolute Gasteiger partial charge is 0.0516 e.